The molecule has 0 atom stereocenters. The molecule has 0 aliphatic heterocycles. The number of hydrogen-bond acceptors (Lipinski definition) is 5. The number of nitrogens with zero attached hydrogens (tertiary/aromatic N) is 2. The Bertz CT molecular complexity index is 786. The number of thiophene rings is 2. The van der Waals surface area contributed by atoms with Gasteiger partial charge in [0.05, 0.1) is 17.1 Å². The molecule has 6 heteroatoms. The number of amides is 1. The highest BCUT2D eigenvalue weighted by Crippen LogP contribution is 2.32. The Hall–Kier alpha value is -1.50. The third-order valence-corrected chi connectivity index (χ3v) is 6.61. The molecule has 0 saturated heterocycles. The van der Waals surface area contributed by atoms with Gasteiger partial charge in [0.2, 0.25) is 0 Å². The second-order valence-corrected chi connectivity index (χ2v) is 8.05. The summed E-state index contributed by atoms with van der Waals surface area (Å²) in [6, 6.07) is 6.13. The molecular formula is C16H16N2OS3. The molecule has 0 aromatic carbocycles. The van der Waals surface area contributed by atoms with Crippen molar-refractivity contribution >= 4 is 39.9 Å². The zero-order valence-corrected chi connectivity index (χ0v) is 15.1. The molecule has 114 valence electrons. The highest BCUT2D eigenvalue weighted by Gasteiger charge is 2.20. The number of hydrogen-bond donors (Lipinski definition) is 0. The van der Waals surface area contributed by atoms with Crippen LogP contribution in [0.2, 0.25) is 0 Å². The lowest BCUT2D eigenvalue weighted by Gasteiger charge is -2.16. The molecular weight excluding hydrogens is 332 g/mol. The number of carbonyl (C=O) groups excluding carboxylic acids is 1. The fraction of sp³-hybridized carbons (Fsp3) is 0.250. The number of carbonyl (C=O) groups is 1. The normalized spacial score (nSPS) is 10.9. The Labute approximate surface area is 141 Å². The Morgan fingerprint density at radius 2 is 2.05 bits per heavy atom. The molecule has 3 nitrogen and oxygen atoms in total. The van der Waals surface area contributed by atoms with Crippen LogP contribution in [0.5, 0.6) is 0 Å². The highest BCUT2D eigenvalue weighted by atomic mass is 32.1. The molecule has 0 saturated carbocycles. The van der Waals surface area contributed by atoms with Crippen LogP contribution in [-0.4, -0.2) is 22.8 Å². The minimum absolute atomic E-state index is 0.0469. The third-order valence-electron chi connectivity index (χ3n) is 3.42. The maximum Gasteiger partial charge on any atom is 0.265 e. The molecule has 3 heterocycles. The van der Waals surface area contributed by atoms with Gasteiger partial charge in [-0.2, -0.15) is 0 Å². The van der Waals surface area contributed by atoms with E-state index in [0.717, 1.165) is 20.5 Å². The summed E-state index contributed by atoms with van der Waals surface area (Å²) >= 11 is 4.82. The molecule has 0 bridgehead atoms. The van der Waals surface area contributed by atoms with Crippen LogP contribution in [0, 0.1) is 13.8 Å². The molecule has 3 aromatic rings. The minimum atomic E-state index is 0.0469. The summed E-state index contributed by atoms with van der Waals surface area (Å²) in [6.07, 6.45) is 0. The molecule has 0 spiro atoms. The Morgan fingerprint density at radius 3 is 2.68 bits per heavy atom. The van der Waals surface area contributed by atoms with E-state index in [1.54, 1.807) is 27.6 Å². The van der Waals surface area contributed by atoms with Crippen molar-refractivity contribution in [2.75, 3.05) is 7.05 Å². The van der Waals surface area contributed by atoms with Crippen molar-refractivity contribution in [3.63, 3.8) is 0 Å². The van der Waals surface area contributed by atoms with Gasteiger partial charge in [-0.05, 0) is 42.3 Å². The average molecular weight is 349 g/mol. The van der Waals surface area contributed by atoms with E-state index >= 15 is 0 Å². The van der Waals surface area contributed by atoms with Crippen LogP contribution in [0.1, 0.15) is 25.8 Å². The zero-order valence-electron chi connectivity index (χ0n) is 12.6. The summed E-state index contributed by atoms with van der Waals surface area (Å²) < 4.78 is 0. The Morgan fingerprint density at radius 1 is 1.23 bits per heavy atom. The molecule has 3 aromatic heterocycles. The van der Waals surface area contributed by atoms with Gasteiger partial charge in [-0.15, -0.1) is 34.0 Å². The smallest absolute Gasteiger partial charge is 0.265 e. The van der Waals surface area contributed by atoms with Crippen LogP contribution in [-0.2, 0) is 6.54 Å². The molecule has 0 aliphatic carbocycles. The number of rotatable bonds is 4. The van der Waals surface area contributed by atoms with E-state index in [9.17, 15) is 4.79 Å². The monoisotopic (exact) mass is 348 g/mol. The lowest BCUT2D eigenvalue weighted by atomic mass is 10.2. The Kier molecular flexibility index (Phi) is 4.42. The summed E-state index contributed by atoms with van der Waals surface area (Å²) in [6.45, 7) is 4.63. The lowest BCUT2D eigenvalue weighted by molar-refractivity contribution is 0.0790. The molecule has 0 radical (unpaired) electrons. The standard InChI is InChI=1S/C16H16N2OS3/c1-10-6-8-21-13(10)9-18(3)16(19)14-11(2)17-15(22-14)12-5-4-7-20-12/h4-8H,9H2,1-3H3. The first-order valence-electron chi connectivity index (χ1n) is 6.86. The second-order valence-electron chi connectivity index (χ2n) is 5.10. The van der Waals surface area contributed by atoms with Crippen molar-refractivity contribution in [3.8, 4) is 9.88 Å². The van der Waals surface area contributed by atoms with E-state index in [1.807, 2.05) is 31.5 Å². The van der Waals surface area contributed by atoms with Gasteiger partial charge in [0.1, 0.15) is 9.88 Å². The van der Waals surface area contributed by atoms with Crippen molar-refractivity contribution in [3.05, 3.63) is 50.0 Å². The summed E-state index contributed by atoms with van der Waals surface area (Å²) in [5.74, 6) is 0.0469. The van der Waals surface area contributed by atoms with Gasteiger partial charge < -0.3 is 4.90 Å². The fourth-order valence-corrected chi connectivity index (χ4v) is 4.94. The molecule has 3 rings (SSSR count). The van der Waals surface area contributed by atoms with Gasteiger partial charge in [0.25, 0.3) is 5.91 Å². The predicted octanol–water partition coefficient (Wildman–Crippen LogP) is 4.82. The van der Waals surface area contributed by atoms with Gasteiger partial charge in [0.15, 0.2) is 0 Å². The van der Waals surface area contributed by atoms with Gasteiger partial charge in [0, 0.05) is 11.9 Å². The van der Waals surface area contributed by atoms with Crippen molar-refractivity contribution in [2.45, 2.75) is 20.4 Å². The topological polar surface area (TPSA) is 33.2 Å². The van der Waals surface area contributed by atoms with Gasteiger partial charge in [-0.1, -0.05) is 6.07 Å². The van der Waals surface area contributed by atoms with E-state index in [4.69, 9.17) is 0 Å². The largest absolute Gasteiger partial charge is 0.336 e. The quantitative estimate of drug-likeness (QED) is 0.677. The van der Waals surface area contributed by atoms with Crippen LogP contribution in [0.3, 0.4) is 0 Å². The molecule has 1 amide bonds. The van der Waals surface area contributed by atoms with Crippen molar-refractivity contribution in [2.24, 2.45) is 0 Å². The zero-order chi connectivity index (χ0) is 15.7. The number of aromatic nitrogens is 1. The van der Waals surface area contributed by atoms with Crippen molar-refractivity contribution < 1.29 is 4.79 Å². The molecule has 0 fully saturated rings. The van der Waals surface area contributed by atoms with Crippen LogP contribution < -0.4 is 0 Å². The summed E-state index contributed by atoms with van der Waals surface area (Å²) in [7, 11) is 1.85. The van der Waals surface area contributed by atoms with Crippen molar-refractivity contribution in [1.29, 1.82) is 0 Å². The first-order valence-corrected chi connectivity index (χ1v) is 9.43. The summed E-state index contributed by atoms with van der Waals surface area (Å²) in [5.41, 5.74) is 2.05. The third kappa shape index (κ3) is 2.99. The molecule has 0 unspecified atom stereocenters. The van der Waals surface area contributed by atoms with E-state index < -0.39 is 0 Å². The summed E-state index contributed by atoms with van der Waals surface area (Å²) in [5, 5.41) is 5.02. The number of aryl methyl sites for hydroxylation is 2. The average Bonchev–Trinajstić information content (AvgIpc) is 3.20. The SMILES string of the molecule is Cc1ccsc1CN(C)C(=O)c1sc(-c2cccs2)nc1C. The first-order chi connectivity index (χ1) is 10.6. The van der Waals surface area contributed by atoms with Gasteiger partial charge in [-0.25, -0.2) is 4.98 Å². The molecule has 0 N–H and O–H groups in total. The predicted molar refractivity (Wildman–Crippen MR) is 95.0 cm³/mol. The van der Waals surface area contributed by atoms with Crippen LogP contribution >= 0.6 is 34.0 Å². The Balaban J connectivity index is 1.81. The molecule has 22 heavy (non-hydrogen) atoms. The van der Waals surface area contributed by atoms with E-state index in [1.165, 1.54) is 21.8 Å². The van der Waals surface area contributed by atoms with E-state index in [-0.39, 0.29) is 5.91 Å². The van der Waals surface area contributed by atoms with Crippen molar-refractivity contribution in [1.82, 2.24) is 9.88 Å². The van der Waals surface area contributed by atoms with Gasteiger partial charge in [-0.3, -0.25) is 4.79 Å². The van der Waals surface area contributed by atoms with Crippen LogP contribution in [0.15, 0.2) is 29.0 Å². The first kappa shape index (κ1) is 15.4. The van der Waals surface area contributed by atoms with E-state index in [2.05, 4.69) is 23.4 Å². The minimum Gasteiger partial charge on any atom is -0.336 e. The lowest BCUT2D eigenvalue weighted by Crippen LogP contribution is -2.25. The maximum absolute atomic E-state index is 12.7. The maximum atomic E-state index is 12.7. The molecule has 0 aliphatic rings. The fourth-order valence-electron chi connectivity index (χ4n) is 2.13. The van der Waals surface area contributed by atoms with Crippen LogP contribution in [0.4, 0.5) is 0 Å². The highest BCUT2D eigenvalue weighted by molar-refractivity contribution is 7.22. The number of thiazole rings is 1. The van der Waals surface area contributed by atoms with Gasteiger partial charge >= 0.3 is 0 Å². The summed E-state index contributed by atoms with van der Waals surface area (Å²) in [4.78, 5) is 22.1. The second kappa shape index (κ2) is 6.32. The van der Waals surface area contributed by atoms with E-state index in [0.29, 0.717) is 6.54 Å². The van der Waals surface area contributed by atoms with Crippen LogP contribution in [0.25, 0.3) is 9.88 Å².